The highest BCUT2D eigenvalue weighted by Gasteiger charge is 2.14. The number of alkyl halides is 1. The van der Waals surface area contributed by atoms with Crippen LogP contribution in [0, 0.1) is 17.0 Å². The molecule has 0 unspecified atom stereocenters. The Morgan fingerprint density at radius 3 is 2.69 bits per heavy atom. The van der Waals surface area contributed by atoms with Gasteiger partial charge in [-0.15, -0.1) is 0 Å². The fourth-order valence-electron chi connectivity index (χ4n) is 0.988. The topological polar surface area (TPSA) is 43.1 Å². The number of nitro groups is 1. The minimum absolute atomic E-state index is 0.0401. The molecule has 0 atom stereocenters. The van der Waals surface area contributed by atoms with Crippen molar-refractivity contribution in [2.24, 2.45) is 0 Å². The maximum atomic E-state index is 10.5. The van der Waals surface area contributed by atoms with E-state index in [1.807, 2.05) is 6.92 Å². The molecule has 1 aromatic carbocycles. The number of rotatable bonds is 2. The van der Waals surface area contributed by atoms with Crippen LogP contribution in [0.15, 0.2) is 12.1 Å². The second-order valence-corrected chi connectivity index (χ2v) is 3.59. The van der Waals surface area contributed by atoms with Crippen LogP contribution in [0.3, 0.4) is 0 Å². The molecule has 0 aromatic heterocycles. The summed E-state index contributed by atoms with van der Waals surface area (Å²) in [5.41, 5.74) is 1.80. The van der Waals surface area contributed by atoms with E-state index in [0.29, 0.717) is 5.33 Å². The van der Waals surface area contributed by atoms with Gasteiger partial charge in [-0.2, -0.15) is 0 Å². The lowest BCUT2D eigenvalue weighted by molar-refractivity contribution is -0.384. The highest BCUT2D eigenvalue weighted by atomic mass is 79.9. The number of benzene rings is 1. The van der Waals surface area contributed by atoms with Crippen molar-refractivity contribution < 1.29 is 4.92 Å². The zero-order chi connectivity index (χ0) is 10.0. The summed E-state index contributed by atoms with van der Waals surface area (Å²) in [5.74, 6) is 0. The predicted octanol–water partition coefficient (Wildman–Crippen LogP) is 3.45. The second-order valence-electron chi connectivity index (χ2n) is 2.62. The summed E-state index contributed by atoms with van der Waals surface area (Å²) in [6.07, 6.45) is 0. The van der Waals surface area contributed by atoms with E-state index in [-0.39, 0.29) is 10.7 Å². The van der Waals surface area contributed by atoms with Crippen LogP contribution in [-0.4, -0.2) is 4.92 Å². The van der Waals surface area contributed by atoms with E-state index in [4.69, 9.17) is 11.6 Å². The molecule has 0 N–H and O–H groups in total. The first-order chi connectivity index (χ1) is 6.06. The second kappa shape index (κ2) is 4.07. The van der Waals surface area contributed by atoms with Gasteiger partial charge in [0, 0.05) is 11.4 Å². The minimum Gasteiger partial charge on any atom is -0.258 e. The zero-order valence-corrected chi connectivity index (χ0v) is 9.22. The third-order valence-corrected chi connectivity index (χ3v) is 2.65. The molecule has 0 amide bonds. The molecule has 3 nitrogen and oxygen atoms in total. The number of halogens is 2. The lowest BCUT2D eigenvalue weighted by atomic mass is 10.1. The Bertz CT molecular complexity index is 354. The summed E-state index contributed by atoms with van der Waals surface area (Å²) in [7, 11) is 0. The number of hydrogen-bond donors (Lipinski definition) is 0. The Hall–Kier alpha value is -0.610. The molecule has 1 rings (SSSR count). The predicted molar refractivity (Wildman–Crippen MR) is 55.5 cm³/mol. The molecule has 70 valence electrons. The van der Waals surface area contributed by atoms with Gasteiger partial charge in [0.2, 0.25) is 0 Å². The SMILES string of the molecule is Cc1cc(Cl)c([N+](=O)[O-])cc1CBr. The van der Waals surface area contributed by atoms with Crippen molar-refractivity contribution >= 4 is 33.2 Å². The summed E-state index contributed by atoms with van der Waals surface area (Å²) < 4.78 is 0. The van der Waals surface area contributed by atoms with Crippen molar-refractivity contribution in [3.8, 4) is 0 Å². The fourth-order valence-corrected chi connectivity index (χ4v) is 1.88. The van der Waals surface area contributed by atoms with Gasteiger partial charge < -0.3 is 0 Å². The van der Waals surface area contributed by atoms with Gasteiger partial charge in [-0.05, 0) is 24.1 Å². The summed E-state index contributed by atoms with van der Waals surface area (Å²) in [4.78, 5) is 10.0. The van der Waals surface area contributed by atoms with Crippen LogP contribution in [0.2, 0.25) is 5.02 Å². The van der Waals surface area contributed by atoms with Crippen molar-refractivity contribution in [1.29, 1.82) is 0 Å². The fraction of sp³-hybridized carbons (Fsp3) is 0.250. The molecule has 0 bridgehead atoms. The summed E-state index contributed by atoms with van der Waals surface area (Å²) in [6.45, 7) is 1.87. The van der Waals surface area contributed by atoms with E-state index in [1.54, 1.807) is 6.07 Å². The van der Waals surface area contributed by atoms with E-state index < -0.39 is 4.92 Å². The van der Waals surface area contributed by atoms with Crippen molar-refractivity contribution in [2.75, 3.05) is 0 Å². The molecule has 0 heterocycles. The van der Waals surface area contributed by atoms with Gasteiger partial charge in [-0.3, -0.25) is 10.1 Å². The van der Waals surface area contributed by atoms with Crippen molar-refractivity contribution in [3.63, 3.8) is 0 Å². The minimum atomic E-state index is -0.478. The van der Waals surface area contributed by atoms with Gasteiger partial charge in [-0.25, -0.2) is 0 Å². The quantitative estimate of drug-likeness (QED) is 0.466. The number of hydrogen-bond acceptors (Lipinski definition) is 2. The molecule has 13 heavy (non-hydrogen) atoms. The van der Waals surface area contributed by atoms with E-state index >= 15 is 0 Å². The van der Waals surface area contributed by atoms with Gasteiger partial charge in [0.05, 0.1) is 4.92 Å². The molecule has 0 aliphatic carbocycles. The summed E-state index contributed by atoms with van der Waals surface area (Å²) in [5, 5.41) is 11.3. The van der Waals surface area contributed by atoms with Crippen LogP contribution in [-0.2, 0) is 5.33 Å². The Labute approximate surface area is 89.0 Å². The average molecular weight is 265 g/mol. The van der Waals surface area contributed by atoms with Crippen molar-refractivity contribution in [2.45, 2.75) is 12.3 Å². The van der Waals surface area contributed by atoms with Crippen LogP contribution in [0.25, 0.3) is 0 Å². The molecule has 0 radical (unpaired) electrons. The van der Waals surface area contributed by atoms with E-state index in [0.717, 1.165) is 11.1 Å². The van der Waals surface area contributed by atoms with Crippen molar-refractivity contribution in [3.05, 3.63) is 38.4 Å². The largest absolute Gasteiger partial charge is 0.288 e. The van der Waals surface area contributed by atoms with Gasteiger partial charge in [-0.1, -0.05) is 27.5 Å². The van der Waals surface area contributed by atoms with Gasteiger partial charge >= 0.3 is 0 Å². The number of nitrogens with zero attached hydrogens (tertiary/aromatic N) is 1. The maximum absolute atomic E-state index is 10.5. The average Bonchev–Trinajstić information content (AvgIpc) is 2.03. The van der Waals surface area contributed by atoms with E-state index in [2.05, 4.69) is 15.9 Å². The molecule has 0 saturated heterocycles. The van der Waals surface area contributed by atoms with Gasteiger partial charge in [0.15, 0.2) is 0 Å². The number of nitro benzene ring substituents is 1. The third-order valence-electron chi connectivity index (χ3n) is 1.75. The normalized spacial score (nSPS) is 10.1. The van der Waals surface area contributed by atoms with Crippen LogP contribution in [0.5, 0.6) is 0 Å². The molecule has 1 aromatic rings. The maximum Gasteiger partial charge on any atom is 0.288 e. The highest BCUT2D eigenvalue weighted by Crippen LogP contribution is 2.28. The monoisotopic (exact) mass is 263 g/mol. The van der Waals surface area contributed by atoms with Crippen LogP contribution >= 0.6 is 27.5 Å². The molecule has 0 aliphatic heterocycles. The number of aryl methyl sites for hydroxylation is 1. The molecule has 0 saturated carbocycles. The Kier molecular flexibility index (Phi) is 3.27. The van der Waals surface area contributed by atoms with Gasteiger partial charge in [0.25, 0.3) is 5.69 Å². The summed E-state index contributed by atoms with van der Waals surface area (Å²) >= 11 is 8.95. The Morgan fingerprint density at radius 2 is 2.23 bits per heavy atom. The smallest absolute Gasteiger partial charge is 0.258 e. The Balaban J connectivity index is 3.30. The lowest BCUT2D eigenvalue weighted by Crippen LogP contribution is -1.93. The first kappa shape index (κ1) is 10.5. The van der Waals surface area contributed by atoms with Crippen LogP contribution < -0.4 is 0 Å². The lowest BCUT2D eigenvalue weighted by Gasteiger charge is -2.02. The molecule has 0 spiro atoms. The molecular weight excluding hydrogens is 257 g/mol. The highest BCUT2D eigenvalue weighted by molar-refractivity contribution is 9.08. The summed E-state index contributed by atoms with van der Waals surface area (Å²) in [6, 6.07) is 3.10. The Morgan fingerprint density at radius 1 is 1.62 bits per heavy atom. The van der Waals surface area contributed by atoms with Crippen LogP contribution in [0.4, 0.5) is 5.69 Å². The third kappa shape index (κ3) is 2.19. The molecule has 0 fully saturated rings. The molecular formula is C8H7BrClNO2. The molecule has 5 heteroatoms. The van der Waals surface area contributed by atoms with Gasteiger partial charge in [0.1, 0.15) is 5.02 Å². The standard InChI is InChI=1S/C8H7BrClNO2/c1-5-2-7(10)8(11(12)13)3-6(5)4-9/h2-3H,4H2,1H3. The zero-order valence-electron chi connectivity index (χ0n) is 6.88. The van der Waals surface area contributed by atoms with E-state index in [1.165, 1.54) is 6.07 Å². The van der Waals surface area contributed by atoms with Crippen molar-refractivity contribution in [1.82, 2.24) is 0 Å². The van der Waals surface area contributed by atoms with Crippen LogP contribution in [0.1, 0.15) is 11.1 Å². The first-order valence-electron chi connectivity index (χ1n) is 3.55. The molecule has 0 aliphatic rings. The first-order valence-corrected chi connectivity index (χ1v) is 5.05. The van der Waals surface area contributed by atoms with E-state index in [9.17, 15) is 10.1 Å².